The van der Waals surface area contributed by atoms with Crippen molar-refractivity contribution in [2.24, 2.45) is 0 Å². The van der Waals surface area contributed by atoms with Gasteiger partial charge in [0.2, 0.25) is 0 Å². The third-order valence-electron chi connectivity index (χ3n) is 4.98. The van der Waals surface area contributed by atoms with Gasteiger partial charge in [-0.2, -0.15) is 0 Å². The molecule has 3 aromatic carbocycles. The summed E-state index contributed by atoms with van der Waals surface area (Å²) >= 11 is 0. The van der Waals surface area contributed by atoms with E-state index in [2.05, 4.69) is 0 Å². The smallest absolute Gasteiger partial charge is 0.348 e. The zero-order chi connectivity index (χ0) is 19.4. The van der Waals surface area contributed by atoms with Crippen molar-refractivity contribution in [2.75, 3.05) is 14.2 Å². The average molecular weight is 374 g/mol. The molecule has 2 heterocycles. The number of methoxy groups -OCH3 is 2. The highest BCUT2D eigenvalue weighted by atomic mass is 16.5. The number of hydrogen-bond donors (Lipinski definition) is 0. The van der Waals surface area contributed by atoms with Crippen molar-refractivity contribution in [3.05, 3.63) is 69.4 Å². The predicted octanol–water partition coefficient (Wildman–Crippen LogP) is 4.22. The first kappa shape index (κ1) is 16.4. The van der Waals surface area contributed by atoms with Crippen LogP contribution in [0.25, 0.3) is 43.5 Å². The lowest BCUT2D eigenvalue weighted by atomic mass is 10.0. The van der Waals surface area contributed by atoms with Gasteiger partial charge >= 0.3 is 11.3 Å². The Morgan fingerprint density at radius 1 is 0.679 bits per heavy atom. The van der Waals surface area contributed by atoms with Gasteiger partial charge in [0.25, 0.3) is 0 Å². The maximum Gasteiger partial charge on any atom is 0.348 e. The molecular formula is C22H14O6. The highest BCUT2D eigenvalue weighted by Gasteiger charge is 2.17. The van der Waals surface area contributed by atoms with Crippen molar-refractivity contribution in [1.29, 1.82) is 0 Å². The summed E-state index contributed by atoms with van der Waals surface area (Å²) < 4.78 is 21.7. The molecule has 0 bridgehead atoms. The van der Waals surface area contributed by atoms with Crippen LogP contribution in [0.3, 0.4) is 0 Å². The van der Waals surface area contributed by atoms with Gasteiger partial charge in [-0.1, -0.05) is 18.2 Å². The number of ether oxygens (including phenoxy) is 2. The minimum absolute atomic E-state index is 0.196. The first-order valence-electron chi connectivity index (χ1n) is 8.59. The minimum atomic E-state index is -0.594. The lowest BCUT2D eigenvalue weighted by Gasteiger charge is -2.09. The zero-order valence-electron chi connectivity index (χ0n) is 15.1. The van der Waals surface area contributed by atoms with Gasteiger partial charge in [0.1, 0.15) is 11.1 Å². The van der Waals surface area contributed by atoms with Crippen LogP contribution in [0.5, 0.6) is 11.5 Å². The summed E-state index contributed by atoms with van der Waals surface area (Å²) in [6.07, 6.45) is 0. The normalized spacial score (nSPS) is 11.5. The molecule has 2 aromatic heterocycles. The Labute approximate surface area is 157 Å². The van der Waals surface area contributed by atoms with E-state index in [1.807, 2.05) is 24.3 Å². The predicted molar refractivity (Wildman–Crippen MR) is 107 cm³/mol. The van der Waals surface area contributed by atoms with Gasteiger partial charge in [0.15, 0.2) is 16.9 Å². The Balaban J connectivity index is 2.04. The Morgan fingerprint density at radius 3 is 2.18 bits per heavy atom. The summed E-state index contributed by atoms with van der Waals surface area (Å²) in [4.78, 5) is 25.4. The Hall–Kier alpha value is -3.80. The molecule has 6 nitrogen and oxygen atoms in total. The Kier molecular flexibility index (Phi) is 3.42. The van der Waals surface area contributed by atoms with Crippen LogP contribution in [-0.2, 0) is 0 Å². The van der Waals surface area contributed by atoms with Crippen LogP contribution >= 0.6 is 0 Å². The summed E-state index contributed by atoms with van der Waals surface area (Å²) in [5.74, 6) is 1.07. The molecule has 0 radical (unpaired) electrons. The largest absolute Gasteiger partial charge is 0.497 e. The van der Waals surface area contributed by atoms with Crippen LogP contribution < -0.4 is 20.7 Å². The fourth-order valence-corrected chi connectivity index (χ4v) is 3.66. The second-order valence-electron chi connectivity index (χ2n) is 6.39. The molecular weight excluding hydrogens is 360 g/mol. The van der Waals surface area contributed by atoms with E-state index >= 15 is 0 Å². The van der Waals surface area contributed by atoms with E-state index in [-0.39, 0.29) is 11.0 Å². The second kappa shape index (κ2) is 5.85. The van der Waals surface area contributed by atoms with Gasteiger partial charge in [-0.25, -0.2) is 9.59 Å². The van der Waals surface area contributed by atoms with E-state index in [0.29, 0.717) is 44.0 Å². The van der Waals surface area contributed by atoms with Gasteiger partial charge in [-0.3, -0.25) is 0 Å². The molecule has 0 aliphatic carbocycles. The van der Waals surface area contributed by atoms with Gasteiger partial charge in [-0.15, -0.1) is 0 Å². The summed E-state index contributed by atoms with van der Waals surface area (Å²) in [6, 6.07) is 14.1. The lowest BCUT2D eigenvalue weighted by molar-refractivity contribution is 0.407. The lowest BCUT2D eigenvalue weighted by Crippen LogP contribution is -2.05. The average Bonchev–Trinajstić information content (AvgIpc) is 2.72. The molecule has 0 N–H and O–H groups in total. The van der Waals surface area contributed by atoms with E-state index in [1.165, 1.54) is 7.11 Å². The number of fused-ring (bicyclic) bond motifs is 7. The third kappa shape index (κ3) is 2.15. The molecule has 0 aliphatic rings. The van der Waals surface area contributed by atoms with Crippen molar-refractivity contribution in [2.45, 2.75) is 0 Å². The van der Waals surface area contributed by atoms with Crippen LogP contribution in [0, 0.1) is 0 Å². The van der Waals surface area contributed by atoms with Crippen molar-refractivity contribution >= 4 is 43.5 Å². The molecule has 0 atom stereocenters. The van der Waals surface area contributed by atoms with E-state index in [9.17, 15) is 9.59 Å². The Morgan fingerprint density at radius 2 is 1.39 bits per heavy atom. The first-order valence-corrected chi connectivity index (χ1v) is 8.59. The second-order valence-corrected chi connectivity index (χ2v) is 6.39. The highest BCUT2D eigenvalue weighted by Crippen LogP contribution is 2.35. The highest BCUT2D eigenvalue weighted by molar-refractivity contribution is 6.18. The van der Waals surface area contributed by atoms with E-state index in [0.717, 1.165) is 0 Å². The molecule has 0 spiro atoms. The van der Waals surface area contributed by atoms with Crippen molar-refractivity contribution in [1.82, 2.24) is 0 Å². The van der Waals surface area contributed by atoms with Crippen LogP contribution in [-0.4, -0.2) is 14.2 Å². The monoisotopic (exact) mass is 374 g/mol. The summed E-state index contributed by atoms with van der Waals surface area (Å²) in [5.41, 5.74) is -0.570. The molecule has 6 heteroatoms. The van der Waals surface area contributed by atoms with Crippen molar-refractivity contribution in [3.8, 4) is 11.5 Å². The number of para-hydroxylation sites is 1. The van der Waals surface area contributed by atoms with Crippen molar-refractivity contribution < 1.29 is 18.3 Å². The van der Waals surface area contributed by atoms with Gasteiger partial charge in [-0.05, 0) is 30.3 Å². The number of rotatable bonds is 2. The molecule has 0 amide bonds. The van der Waals surface area contributed by atoms with E-state index in [4.69, 9.17) is 18.3 Å². The molecule has 138 valence electrons. The van der Waals surface area contributed by atoms with Crippen molar-refractivity contribution in [3.63, 3.8) is 0 Å². The fourth-order valence-electron chi connectivity index (χ4n) is 3.66. The van der Waals surface area contributed by atoms with Gasteiger partial charge < -0.3 is 18.3 Å². The maximum atomic E-state index is 12.8. The van der Waals surface area contributed by atoms with Crippen LogP contribution in [0.15, 0.2) is 67.0 Å². The third-order valence-corrected chi connectivity index (χ3v) is 4.98. The molecule has 0 aliphatic heterocycles. The molecule has 5 aromatic rings. The molecule has 0 saturated carbocycles. The van der Waals surface area contributed by atoms with Gasteiger partial charge in [0, 0.05) is 21.5 Å². The Bertz CT molecular complexity index is 1520. The first-order chi connectivity index (χ1) is 13.6. The molecule has 0 fully saturated rings. The number of benzene rings is 3. The molecule has 0 unspecified atom stereocenters. The summed E-state index contributed by atoms with van der Waals surface area (Å²) in [5, 5.41) is 3.25. The number of hydrogen-bond acceptors (Lipinski definition) is 6. The van der Waals surface area contributed by atoms with E-state index < -0.39 is 11.3 Å². The SMILES string of the molecule is COc1ccc2c(=O)oc3c(ccc4c5cccc(OC)c5oc(=O)c43)c2c1. The van der Waals surface area contributed by atoms with E-state index in [1.54, 1.807) is 31.4 Å². The van der Waals surface area contributed by atoms with Crippen LogP contribution in [0.4, 0.5) is 0 Å². The molecule has 5 rings (SSSR count). The quantitative estimate of drug-likeness (QED) is 0.340. The van der Waals surface area contributed by atoms with Gasteiger partial charge in [0.05, 0.1) is 19.6 Å². The van der Waals surface area contributed by atoms with Crippen LogP contribution in [0.2, 0.25) is 0 Å². The molecule has 0 saturated heterocycles. The standard InChI is InChI=1S/C22H14O6/c1-25-11-6-7-15-16(10-11)14-9-8-12-13-4-3-5-17(26-2)19(13)27-22(24)18(12)20(14)28-21(15)23/h3-10H,1-2H3. The summed E-state index contributed by atoms with van der Waals surface area (Å²) in [7, 11) is 3.07. The minimum Gasteiger partial charge on any atom is -0.497 e. The fraction of sp³-hybridized carbons (Fsp3) is 0.0909. The summed E-state index contributed by atoms with van der Waals surface area (Å²) in [6.45, 7) is 0. The maximum absolute atomic E-state index is 12.8. The molecule has 28 heavy (non-hydrogen) atoms. The zero-order valence-corrected chi connectivity index (χ0v) is 15.1. The van der Waals surface area contributed by atoms with Crippen LogP contribution in [0.1, 0.15) is 0 Å². The topological polar surface area (TPSA) is 78.9 Å².